The van der Waals surface area contributed by atoms with Crippen molar-refractivity contribution in [2.75, 3.05) is 0 Å². The van der Waals surface area contributed by atoms with Crippen molar-refractivity contribution in [2.45, 2.75) is 17.7 Å². The summed E-state index contributed by atoms with van der Waals surface area (Å²) in [7, 11) is -3.90. The summed E-state index contributed by atoms with van der Waals surface area (Å²) >= 11 is 0. The lowest BCUT2D eigenvalue weighted by Gasteiger charge is -2.03. The van der Waals surface area contributed by atoms with Crippen LogP contribution in [0.5, 0.6) is 0 Å². The molecule has 0 spiro atoms. The number of nitrogens with two attached hydrogens (primary N) is 1. The van der Waals surface area contributed by atoms with Crippen LogP contribution < -0.4 is 5.73 Å². The Labute approximate surface area is 59.5 Å². The lowest BCUT2D eigenvalue weighted by atomic mass is 10.3. The van der Waals surface area contributed by atoms with Gasteiger partial charge in [0.1, 0.15) is 5.25 Å². The summed E-state index contributed by atoms with van der Waals surface area (Å²) in [5.74, 6) is 0. The van der Waals surface area contributed by atoms with E-state index < -0.39 is 15.4 Å². The highest BCUT2D eigenvalue weighted by Gasteiger charge is 2.25. The average molecular weight is 163 g/mol. The Hall–Kier alpha value is -0.390. The third-order valence-corrected chi connectivity index (χ3v) is 2.57. The molecule has 0 bridgehead atoms. The van der Waals surface area contributed by atoms with Gasteiger partial charge in [-0.15, -0.1) is 0 Å². The number of hydrogen-bond donors (Lipinski definition) is 2. The highest BCUT2D eigenvalue weighted by atomic mass is 32.2. The number of rotatable bonds is 1. The average Bonchev–Trinajstić information content (AvgIpc) is 2.11. The van der Waals surface area contributed by atoms with E-state index in [-0.39, 0.29) is 6.04 Å². The standard InChI is InChI=1S/C5H9NO3S/c6-4-1-2-5(3-4)10(7,8)9/h1-2,4-5H,3,6H2,(H,7,8,9). The van der Waals surface area contributed by atoms with Crippen molar-refractivity contribution < 1.29 is 13.0 Å². The molecule has 2 atom stereocenters. The van der Waals surface area contributed by atoms with Gasteiger partial charge in [-0.2, -0.15) is 8.42 Å². The quantitative estimate of drug-likeness (QED) is 0.404. The fraction of sp³-hybridized carbons (Fsp3) is 0.600. The summed E-state index contributed by atoms with van der Waals surface area (Å²) in [5, 5.41) is -0.789. The molecule has 1 aliphatic carbocycles. The van der Waals surface area contributed by atoms with Crippen molar-refractivity contribution in [1.29, 1.82) is 0 Å². The first-order valence-electron chi connectivity index (χ1n) is 2.90. The second-order valence-corrected chi connectivity index (χ2v) is 3.97. The minimum absolute atomic E-state index is 0.230. The van der Waals surface area contributed by atoms with Crippen molar-refractivity contribution in [2.24, 2.45) is 5.73 Å². The zero-order valence-electron chi connectivity index (χ0n) is 5.27. The SMILES string of the molecule is NC1C=CC(S(=O)(=O)O)C1. The van der Waals surface area contributed by atoms with Crippen LogP contribution in [0.4, 0.5) is 0 Å². The van der Waals surface area contributed by atoms with Gasteiger partial charge in [-0.3, -0.25) is 4.55 Å². The van der Waals surface area contributed by atoms with Gasteiger partial charge in [-0.25, -0.2) is 0 Å². The van der Waals surface area contributed by atoms with Crippen LogP contribution in [0.25, 0.3) is 0 Å². The van der Waals surface area contributed by atoms with Crippen molar-refractivity contribution in [3.63, 3.8) is 0 Å². The van der Waals surface area contributed by atoms with Crippen molar-refractivity contribution >= 4 is 10.1 Å². The van der Waals surface area contributed by atoms with Crippen LogP contribution in [0.1, 0.15) is 6.42 Å². The van der Waals surface area contributed by atoms with E-state index in [2.05, 4.69) is 0 Å². The van der Waals surface area contributed by atoms with Gasteiger partial charge in [0.05, 0.1) is 0 Å². The predicted molar refractivity (Wildman–Crippen MR) is 37.1 cm³/mol. The van der Waals surface area contributed by atoms with Gasteiger partial charge < -0.3 is 5.73 Å². The molecule has 0 amide bonds. The zero-order valence-corrected chi connectivity index (χ0v) is 6.08. The minimum Gasteiger partial charge on any atom is -0.324 e. The van der Waals surface area contributed by atoms with E-state index in [1.165, 1.54) is 6.08 Å². The third kappa shape index (κ3) is 1.56. The molecule has 3 N–H and O–H groups in total. The first-order chi connectivity index (χ1) is 4.50. The van der Waals surface area contributed by atoms with E-state index in [9.17, 15) is 8.42 Å². The maximum Gasteiger partial charge on any atom is 0.271 e. The van der Waals surface area contributed by atoms with Crippen LogP contribution in [-0.4, -0.2) is 24.3 Å². The van der Waals surface area contributed by atoms with Gasteiger partial charge in [0.2, 0.25) is 0 Å². The van der Waals surface area contributed by atoms with Crippen LogP contribution in [0.3, 0.4) is 0 Å². The summed E-state index contributed by atoms with van der Waals surface area (Å²) in [5.41, 5.74) is 5.36. The molecule has 0 heterocycles. The molecule has 2 unspecified atom stereocenters. The normalized spacial score (nSPS) is 33.0. The fourth-order valence-corrected chi connectivity index (χ4v) is 1.67. The molecule has 0 aromatic rings. The maximum atomic E-state index is 10.4. The lowest BCUT2D eigenvalue weighted by molar-refractivity contribution is 0.472. The molecule has 0 aromatic heterocycles. The summed E-state index contributed by atoms with van der Waals surface area (Å²) in [4.78, 5) is 0. The van der Waals surface area contributed by atoms with Gasteiger partial charge in [-0.1, -0.05) is 12.2 Å². The first-order valence-corrected chi connectivity index (χ1v) is 4.40. The molecular formula is C5H9NO3S. The van der Waals surface area contributed by atoms with Gasteiger partial charge in [0.25, 0.3) is 10.1 Å². The van der Waals surface area contributed by atoms with Crippen LogP contribution in [-0.2, 0) is 10.1 Å². The monoisotopic (exact) mass is 163 g/mol. The first kappa shape index (κ1) is 7.71. The van der Waals surface area contributed by atoms with E-state index in [0.29, 0.717) is 6.42 Å². The minimum atomic E-state index is -3.90. The lowest BCUT2D eigenvalue weighted by Crippen LogP contribution is -2.22. The van der Waals surface area contributed by atoms with Crippen LogP contribution in [0.2, 0.25) is 0 Å². The van der Waals surface area contributed by atoms with E-state index in [1.807, 2.05) is 0 Å². The Balaban J connectivity index is 2.73. The molecule has 58 valence electrons. The molecule has 1 rings (SSSR count). The van der Waals surface area contributed by atoms with Gasteiger partial charge in [0.15, 0.2) is 0 Å². The number of hydrogen-bond acceptors (Lipinski definition) is 3. The predicted octanol–water partition coefficient (Wildman–Crippen LogP) is -0.470. The van der Waals surface area contributed by atoms with Gasteiger partial charge in [-0.05, 0) is 6.42 Å². The molecule has 1 aliphatic rings. The van der Waals surface area contributed by atoms with E-state index in [0.717, 1.165) is 0 Å². The van der Waals surface area contributed by atoms with E-state index >= 15 is 0 Å². The fourth-order valence-electron chi connectivity index (χ4n) is 0.913. The largest absolute Gasteiger partial charge is 0.324 e. The van der Waals surface area contributed by atoms with E-state index in [1.54, 1.807) is 6.08 Å². The molecule has 0 aliphatic heterocycles. The van der Waals surface area contributed by atoms with Gasteiger partial charge in [0, 0.05) is 6.04 Å². The molecule has 0 saturated heterocycles. The maximum absolute atomic E-state index is 10.4. The molecular weight excluding hydrogens is 154 g/mol. The molecule has 0 fully saturated rings. The second-order valence-electron chi connectivity index (χ2n) is 2.34. The summed E-state index contributed by atoms with van der Waals surface area (Å²) in [6.45, 7) is 0. The van der Waals surface area contributed by atoms with Crippen LogP contribution in [0, 0.1) is 0 Å². The molecule has 0 radical (unpaired) electrons. The van der Waals surface area contributed by atoms with Crippen LogP contribution in [0.15, 0.2) is 12.2 Å². The Morgan fingerprint density at radius 3 is 2.30 bits per heavy atom. The molecule has 0 saturated carbocycles. The topological polar surface area (TPSA) is 80.4 Å². The summed E-state index contributed by atoms with van der Waals surface area (Å²) < 4.78 is 29.4. The van der Waals surface area contributed by atoms with E-state index in [4.69, 9.17) is 10.3 Å². The smallest absolute Gasteiger partial charge is 0.271 e. The molecule has 0 aromatic carbocycles. The van der Waals surface area contributed by atoms with Crippen molar-refractivity contribution in [3.05, 3.63) is 12.2 Å². The second kappa shape index (κ2) is 2.34. The molecule has 4 nitrogen and oxygen atoms in total. The third-order valence-electron chi connectivity index (χ3n) is 1.46. The van der Waals surface area contributed by atoms with Crippen LogP contribution >= 0.6 is 0 Å². The zero-order chi connectivity index (χ0) is 7.78. The Kier molecular flexibility index (Phi) is 1.80. The highest BCUT2D eigenvalue weighted by Crippen LogP contribution is 2.15. The summed E-state index contributed by atoms with van der Waals surface area (Å²) in [6, 6.07) is -0.230. The van der Waals surface area contributed by atoms with Crippen molar-refractivity contribution in [3.8, 4) is 0 Å². The Bertz CT molecular complexity index is 244. The Morgan fingerprint density at radius 1 is 1.50 bits per heavy atom. The molecule has 10 heavy (non-hydrogen) atoms. The molecule has 5 heteroatoms. The van der Waals surface area contributed by atoms with Crippen molar-refractivity contribution in [1.82, 2.24) is 0 Å². The highest BCUT2D eigenvalue weighted by molar-refractivity contribution is 7.86. The Morgan fingerprint density at radius 2 is 2.10 bits per heavy atom. The van der Waals surface area contributed by atoms with Gasteiger partial charge >= 0.3 is 0 Å². The summed E-state index contributed by atoms with van der Waals surface area (Å²) in [6.07, 6.45) is 3.29.